The van der Waals surface area contributed by atoms with Gasteiger partial charge in [-0.15, -0.1) is 0 Å². The van der Waals surface area contributed by atoms with E-state index in [1.165, 1.54) is 17.2 Å². The van der Waals surface area contributed by atoms with Gasteiger partial charge in [0.2, 0.25) is 0 Å². The average molecular weight is 464 g/mol. The molecule has 3 heterocycles. The number of phosphoric ester groups is 1. The molecule has 15 heteroatoms. The van der Waals surface area contributed by atoms with E-state index in [1.807, 2.05) is 6.26 Å². The molecule has 1 unspecified atom stereocenters. The topological polar surface area (TPSA) is 201 Å². The number of nitrogens with two attached hydrogens (primary N) is 2. The van der Waals surface area contributed by atoms with Gasteiger partial charge in [0.15, 0.2) is 17.7 Å². The Labute approximate surface area is 176 Å². The number of aliphatic hydroxyl groups excluding tert-OH is 2. The molecule has 0 radical (unpaired) electrons. The van der Waals surface area contributed by atoms with E-state index in [4.69, 9.17) is 25.3 Å². The second kappa shape index (κ2) is 9.85. The van der Waals surface area contributed by atoms with Crippen molar-refractivity contribution in [2.24, 2.45) is 5.73 Å². The van der Waals surface area contributed by atoms with E-state index in [9.17, 15) is 19.7 Å². The number of aromatic nitrogens is 4. The van der Waals surface area contributed by atoms with Gasteiger partial charge < -0.3 is 31.3 Å². The van der Waals surface area contributed by atoms with E-state index in [2.05, 4.69) is 15.0 Å². The highest BCUT2D eigenvalue weighted by atomic mass is 32.2. The Kier molecular flexibility index (Phi) is 7.66. The van der Waals surface area contributed by atoms with Gasteiger partial charge in [0.05, 0.1) is 19.5 Å². The van der Waals surface area contributed by atoms with Crippen LogP contribution < -0.4 is 11.5 Å². The van der Waals surface area contributed by atoms with Crippen molar-refractivity contribution < 1.29 is 33.5 Å². The second-order valence-corrected chi connectivity index (χ2v) is 9.17. The van der Waals surface area contributed by atoms with Crippen molar-refractivity contribution in [1.82, 2.24) is 19.5 Å². The van der Waals surface area contributed by atoms with E-state index in [-0.39, 0.29) is 12.4 Å². The lowest BCUT2D eigenvalue weighted by atomic mass is 10.1. The largest absolute Gasteiger partial charge is 0.472 e. The van der Waals surface area contributed by atoms with Gasteiger partial charge in [0, 0.05) is 6.04 Å². The summed E-state index contributed by atoms with van der Waals surface area (Å²) < 4.78 is 28.9. The van der Waals surface area contributed by atoms with Crippen molar-refractivity contribution >= 4 is 36.6 Å². The van der Waals surface area contributed by atoms with E-state index in [0.717, 1.165) is 5.75 Å². The Morgan fingerprint density at radius 3 is 2.83 bits per heavy atom. The molecule has 0 spiro atoms. The number of ether oxygens (including phenoxy) is 1. The van der Waals surface area contributed by atoms with Gasteiger partial charge in [-0.05, 0) is 18.4 Å². The molecule has 7 N–H and O–H groups in total. The van der Waals surface area contributed by atoms with Gasteiger partial charge in [-0.1, -0.05) is 0 Å². The molecule has 0 saturated carbocycles. The molecule has 1 saturated heterocycles. The van der Waals surface area contributed by atoms with Gasteiger partial charge >= 0.3 is 7.82 Å². The third-order valence-electron chi connectivity index (χ3n) is 4.54. The Morgan fingerprint density at radius 1 is 1.33 bits per heavy atom. The Hall–Kier alpha value is -1.35. The molecule has 6 atom stereocenters. The molecule has 0 bridgehead atoms. The average Bonchev–Trinajstić information content (AvgIpc) is 3.26. The highest BCUT2D eigenvalue weighted by molar-refractivity contribution is 7.98. The summed E-state index contributed by atoms with van der Waals surface area (Å²) in [4.78, 5) is 21.8. The van der Waals surface area contributed by atoms with Crippen LogP contribution in [0.4, 0.5) is 5.82 Å². The quantitative estimate of drug-likeness (QED) is 0.275. The third kappa shape index (κ3) is 5.28. The van der Waals surface area contributed by atoms with Gasteiger partial charge in [-0.3, -0.25) is 13.6 Å². The summed E-state index contributed by atoms with van der Waals surface area (Å²) in [6, 6.07) is -0.412. The van der Waals surface area contributed by atoms with Gasteiger partial charge in [-0.25, -0.2) is 19.5 Å². The van der Waals surface area contributed by atoms with Gasteiger partial charge in [0.25, 0.3) is 0 Å². The number of nitrogen functional groups attached to an aromatic ring is 1. The first-order valence-electron chi connectivity index (χ1n) is 9.04. The van der Waals surface area contributed by atoms with Crippen molar-refractivity contribution in [1.29, 1.82) is 0 Å². The van der Waals surface area contributed by atoms with Crippen LogP contribution >= 0.6 is 19.6 Å². The lowest BCUT2D eigenvalue weighted by Gasteiger charge is -2.19. The predicted octanol–water partition coefficient (Wildman–Crippen LogP) is -0.758. The van der Waals surface area contributed by atoms with Crippen molar-refractivity contribution in [3.05, 3.63) is 12.7 Å². The number of aliphatic hydroxyl groups is 2. The van der Waals surface area contributed by atoms with Crippen molar-refractivity contribution in [2.45, 2.75) is 37.0 Å². The zero-order valence-electron chi connectivity index (χ0n) is 16.1. The summed E-state index contributed by atoms with van der Waals surface area (Å²) in [7, 11) is -4.42. The van der Waals surface area contributed by atoms with Crippen LogP contribution in [0.2, 0.25) is 0 Å². The highest BCUT2D eigenvalue weighted by Crippen LogP contribution is 2.44. The van der Waals surface area contributed by atoms with Crippen LogP contribution in [0, 0.1) is 0 Å². The summed E-state index contributed by atoms with van der Waals surface area (Å²) in [5.74, 6) is 0.947. The zero-order chi connectivity index (χ0) is 21.9. The minimum absolute atomic E-state index is 0.153. The Morgan fingerprint density at radius 2 is 2.10 bits per heavy atom. The lowest BCUT2D eigenvalue weighted by molar-refractivity contribution is -0.0515. The van der Waals surface area contributed by atoms with Crippen LogP contribution in [0.15, 0.2) is 12.7 Å². The second-order valence-electron chi connectivity index (χ2n) is 6.73. The molecule has 0 aromatic carbocycles. The maximum Gasteiger partial charge on any atom is 0.472 e. The lowest BCUT2D eigenvalue weighted by Crippen LogP contribution is -2.33. The molecule has 0 amide bonds. The maximum absolute atomic E-state index is 12.1. The molecule has 2 aromatic rings. The number of anilines is 1. The first kappa shape index (κ1) is 23.3. The Bertz CT molecular complexity index is 903. The van der Waals surface area contributed by atoms with Crippen LogP contribution in [-0.2, 0) is 18.3 Å². The molecule has 13 nitrogen and oxygen atoms in total. The standard InChI is InChI=1S/C15H25N6O7PS/c1-30-3-2-8(16)4-26-29(24,25)27-5-9-11(22)12(23)15(28-9)21-7-20-10-13(17)18-6-19-14(10)21/h6-9,11-12,15,22-23H,2-5,16H2,1H3,(H,24,25)(H2,17,18,19)/t8-,9+,11+,12+,15+/m0/s1. The van der Waals surface area contributed by atoms with Crippen LogP contribution in [0.1, 0.15) is 12.6 Å². The molecule has 1 aliphatic heterocycles. The number of imidazole rings is 1. The first-order valence-corrected chi connectivity index (χ1v) is 11.9. The zero-order valence-corrected chi connectivity index (χ0v) is 17.9. The van der Waals surface area contributed by atoms with Crippen LogP contribution in [0.25, 0.3) is 11.2 Å². The molecule has 0 aliphatic carbocycles. The summed E-state index contributed by atoms with van der Waals surface area (Å²) in [5.41, 5.74) is 12.2. The summed E-state index contributed by atoms with van der Waals surface area (Å²) in [6.07, 6.45) is 0.195. The summed E-state index contributed by atoms with van der Waals surface area (Å²) in [6.45, 7) is -0.651. The number of thioether (sulfide) groups is 1. The smallest absolute Gasteiger partial charge is 0.387 e. The number of nitrogens with zero attached hydrogens (tertiary/aromatic N) is 4. The molecule has 3 rings (SSSR count). The summed E-state index contributed by atoms with van der Waals surface area (Å²) >= 11 is 1.60. The van der Waals surface area contributed by atoms with Crippen LogP contribution in [-0.4, -0.2) is 84.2 Å². The molecule has 1 aliphatic rings. The molecule has 168 valence electrons. The number of hydrogen-bond donors (Lipinski definition) is 5. The van der Waals surface area contributed by atoms with Crippen LogP contribution in [0.3, 0.4) is 0 Å². The number of fused-ring (bicyclic) bond motifs is 1. The van der Waals surface area contributed by atoms with Crippen molar-refractivity contribution in [2.75, 3.05) is 31.0 Å². The number of rotatable bonds is 10. The minimum Gasteiger partial charge on any atom is -0.387 e. The fourth-order valence-corrected chi connectivity index (χ4v) is 4.23. The van der Waals surface area contributed by atoms with E-state index >= 15 is 0 Å². The Balaban J connectivity index is 1.60. The third-order valence-corrected chi connectivity index (χ3v) is 6.14. The number of hydrogen-bond acceptors (Lipinski definition) is 12. The van der Waals surface area contributed by atoms with Gasteiger partial charge in [-0.2, -0.15) is 11.8 Å². The summed E-state index contributed by atoms with van der Waals surface area (Å²) in [5, 5.41) is 20.7. The first-order chi connectivity index (χ1) is 14.2. The monoisotopic (exact) mass is 464 g/mol. The molecule has 2 aromatic heterocycles. The molecular weight excluding hydrogens is 439 g/mol. The number of phosphoric acid groups is 1. The maximum atomic E-state index is 12.1. The fourth-order valence-electron chi connectivity index (χ4n) is 2.90. The van der Waals surface area contributed by atoms with Gasteiger partial charge in [0.1, 0.15) is 30.2 Å². The minimum atomic E-state index is -4.42. The van der Waals surface area contributed by atoms with E-state index in [0.29, 0.717) is 17.6 Å². The molecule has 1 fully saturated rings. The SMILES string of the molecule is CSCC[C@H](N)COP(=O)(O)OC[C@H]1O[C@@H](n2cnc3c(N)ncnc32)[C@H](O)[C@@H]1O. The molecular formula is C15H25N6O7PS. The normalized spacial score (nSPS) is 27.4. The van der Waals surface area contributed by atoms with E-state index < -0.39 is 45.0 Å². The van der Waals surface area contributed by atoms with E-state index in [1.54, 1.807) is 11.8 Å². The van der Waals surface area contributed by atoms with Crippen LogP contribution in [0.5, 0.6) is 0 Å². The molecule has 30 heavy (non-hydrogen) atoms. The fraction of sp³-hybridized carbons (Fsp3) is 0.667. The van der Waals surface area contributed by atoms with Crippen molar-refractivity contribution in [3.63, 3.8) is 0 Å². The van der Waals surface area contributed by atoms with Crippen molar-refractivity contribution in [3.8, 4) is 0 Å². The predicted molar refractivity (Wildman–Crippen MR) is 108 cm³/mol. The highest BCUT2D eigenvalue weighted by Gasteiger charge is 2.45.